The van der Waals surface area contributed by atoms with E-state index in [9.17, 15) is 5.11 Å². The molecule has 7 heteroatoms. The lowest BCUT2D eigenvalue weighted by molar-refractivity contribution is -0.0226. The van der Waals surface area contributed by atoms with Crippen LogP contribution >= 0.6 is 0 Å². The average Bonchev–Trinajstić information content (AvgIpc) is 3.38. The van der Waals surface area contributed by atoms with Gasteiger partial charge in [-0.25, -0.2) is 14.6 Å². The molecule has 0 spiro atoms. The number of hydrogen-bond donors (Lipinski definition) is 1. The van der Waals surface area contributed by atoms with Gasteiger partial charge in [-0.1, -0.05) is 19.3 Å². The molecule has 3 aliphatic rings. The number of rotatable bonds is 4. The van der Waals surface area contributed by atoms with Crippen LogP contribution in [0.25, 0.3) is 5.82 Å². The summed E-state index contributed by atoms with van der Waals surface area (Å²) in [7, 11) is 0. The van der Waals surface area contributed by atoms with Crippen LogP contribution in [-0.2, 0) is 0 Å². The number of hydrogen-bond acceptors (Lipinski definition) is 6. The quantitative estimate of drug-likeness (QED) is 0.886. The molecule has 1 N–H and O–H groups in total. The van der Waals surface area contributed by atoms with Crippen LogP contribution < -0.4 is 4.90 Å². The van der Waals surface area contributed by atoms with Crippen molar-refractivity contribution in [1.82, 2.24) is 24.6 Å². The predicted octanol–water partition coefficient (Wildman–Crippen LogP) is 1.73. The maximum atomic E-state index is 10.9. The zero-order valence-corrected chi connectivity index (χ0v) is 15.7. The van der Waals surface area contributed by atoms with Crippen molar-refractivity contribution in [3.05, 3.63) is 30.9 Å². The van der Waals surface area contributed by atoms with Gasteiger partial charge in [-0.2, -0.15) is 5.10 Å². The first-order chi connectivity index (χ1) is 13.2. The number of likely N-dealkylation sites (tertiary alicyclic amines) is 1. The summed E-state index contributed by atoms with van der Waals surface area (Å²) in [6, 6.07) is 3.92. The first-order valence-corrected chi connectivity index (χ1v) is 10.2. The van der Waals surface area contributed by atoms with Gasteiger partial charge in [0.15, 0.2) is 5.82 Å². The summed E-state index contributed by atoms with van der Waals surface area (Å²) < 4.78 is 1.77. The van der Waals surface area contributed by atoms with Crippen LogP contribution in [0.4, 0.5) is 5.82 Å². The van der Waals surface area contributed by atoms with Crippen molar-refractivity contribution in [2.45, 2.75) is 37.7 Å². The number of fused-ring (bicyclic) bond motifs is 1. The van der Waals surface area contributed by atoms with Crippen molar-refractivity contribution in [2.24, 2.45) is 11.8 Å². The smallest absolute Gasteiger partial charge is 0.158 e. The summed E-state index contributed by atoms with van der Waals surface area (Å²) in [5, 5.41) is 15.1. The zero-order chi connectivity index (χ0) is 18.3. The highest BCUT2D eigenvalue weighted by atomic mass is 16.3. The van der Waals surface area contributed by atoms with Gasteiger partial charge in [0.05, 0.1) is 5.60 Å². The molecule has 3 fully saturated rings. The molecular formula is C20H28N6O. The molecule has 2 aromatic rings. The van der Waals surface area contributed by atoms with Crippen molar-refractivity contribution in [3.8, 4) is 5.82 Å². The van der Waals surface area contributed by atoms with E-state index in [2.05, 4.69) is 24.9 Å². The fourth-order valence-electron chi connectivity index (χ4n) is 5.23. The van der Waals surface area contributed by atoms with Crippen LogP contribution in [0.1, 0.15) is 32.1 Å². The van der Waals surface area contributed by atoms with E-state index in [1.54, 1.807) is 17.2 Å². The average molecular weight is 368 g/mol. The number of aliphatic hydroxyl groups is 1. The molecule has 1 saturated carbocycles. The predicted molar refractivity (Wildman–Crippen MR) is 103 cm³/mol. The van der Waals surface area contributed by atoms with Crippen molar-refractivity contribution in [2.75, 3.05) is 37.6 Å². The lowest BCUT2D eigenvalue weighted by Crippen LogP contribution is -2.44. The van der Waals surface area contributed by atoms with Gasteiger partial charge in [0.25, 0.3) is 0 Å². The molecule has 0 aromatic carbocycles. The minimum atomic E-state index is -0.443. The van der Waals surface area contributed by atoms with E-state index in [4.69, 9.17) is 0 Å². The molecular weight excluding hydrogens is 340 g/mol. The van der Waals surface area contributed by atoms with Crippen LogP contribution in [0.5, 0.6) is 0 Å². The van der Waals surface area contributed by atoms with Crippen LogP contribution in [-0.4, -0.2) is 68.1 Å². The Balaban J connectivity index is 1.22. The topological polar surface area (TPSA) is 70.3 Å². The van der Waals surface area contributed by atoms with Gasteiger partial charge in [0.2, 0.25) is 0 Å². The summed E-state index contributed by atoms with van der Waals surface area (Å²) in [6.45, 7) is 5.13. The third-order valence-electron chi connectivity index (χ3n) is 6.57. The highest BCUT2D eigenvalue weighted by Gasteiger charge is 2.43. The number of aromatic nitrogens is 4. The minimum absolute atomic E-state index is 0.443. The molecule has 2 unspecified atom stereocenters. The third kappa shape index (κ3) is 3.46. The van der Waals surface area contributed by atoms with Crippen molar-refractivity contribution < 1.29 is 5.11 Å². The van der Waals surface area contributed by atoms with Crippen LogP contribution in [0.2, 0.25) is 0 Å². The molecule has 4 heterocycles. The fraction of sp³-hybridized carbons (Fsp3) is 0.650. The van der Waals surface area contributed by atoms with E-state index in [1.807, 2.05) is 18.3 Å². The van der Waals surface area contributed by atoms with E-state index >= 15 is 0 Å². The van der Waals surface area contributed by atoms with E-state index in [0.717, 1.165) is 57.2 Å². The Bertz CT molecular complexity index is 759. The molecule has 1 aliphatic carbocycles. The van der Waals surface area contributed by atoms with Gasteiger partial charge in [0, 0.05) is 51.2 Å². The molecule has 27 heavy (non-hydrogen) atoms. The number of β-amino-alcohol motifs (C(OH)–C–C–N with tert-alkyl or cyclic N) is 1. The number of anilines is 1. The van der Waals surface area contributed by atoms with Gasteiger partial charge in [-0.15, -0.1) is 0 Å². The second kappa shape index (κ2) is 6.87. The molecule has 0 radical (unpaired) electrons. The number of nitrogens with zero attached hydrogens (tertiary/aromatic N) is 6. The van der Waals surface area contributed by atoms with Gasteiger partial charge in [-0.05, 0) is 30.7 Å². The third-order valence-corrected chi connectivity index (χ3v) is 6.57. The molecule has 2 aliphatic heterocycles. The Labute approximate surface area is 160 Å². The highest BCUT2D eigenvalue weighted by Crippen LogP contribution is 2.36. The molecule has 2 aromatic heterocycles. The summed E-state index contributed by atoms with van der Waals surface area (Å²) in [5.41, 5.74) is -0.443. The Morgan fingerprint density at radius 2 is 1.74 bits per heavy atom. The van der Waals surface area contributed by atoms with Gasteiger partial charge >= 0.3 is 0 Å². The van der Waals surface area contributed by atoms with Gasteiger partial charge in [-0.3, -0.25) is 4.90 Å². The summed E-state index contributed by atoms with van der Waals surface area (Å²) in [4.78, 5) is 13.7. The Hall–Kier alpha value is -1.99. The van der Waals surface area contributed by atoms with Gasteiger partial charge in [0.1, 0.15) is 12.1 Å². The first-order valence-electron chi connectivity index (χ1n) is 10.2. The normalized spacial score (nSPS) is 27.8. The highest BCUT2D eigenvalue weighted by molar-refractivity contribution is 5.44. The molecule has 2 saturated heterocycles. The van der Waals surface area contributed by atoms with E-state index in [1.165, 1.54) is 19.3 Å². The van der Waals surface area contributed by atoms with Crippen molar-refractivity contribution in [1.29, 1.82) is 0 Å². The van der Waals surface area contributed by atoms with Gasteiger partial charge < -0.3 is 10.0 Å². The second-order valence-electron chi connectivity index (χ2n) is 8.59. The van der Waals surface area contributed by atoms with E-state index in [-0.39, 0.29) is 0 Å². The molecule has 5 rings (SSSR count). The molecule has 0 bridgehead atoms. The molecule has 7 nitrogen and oxygen atoms in total. The maximum Gasteiger partial charge on any atom is 0.158 e. The zero-order valence-electron chi connectivity index (χ0n) is 15.7. The van der Waals surface area contributed by atoms with Crippen LogP contribution in [0, 0.1) is 11.8 Å². The molecule has 0 amide bonds. The fourth-order valence-corrected chi connectivity index (χ4v) is 5.23. The first kappa shape index (κ1) is 17.1. The van der Waals surface area contributed by atoms with Crippen molar-refractivity contribution in [3.63, 3.8) is 0 Å². The lowest BCUT2D eigenvalue weighted by atomic mass is 9.84. The second-order valence-corrected chi connectivity index (χ2v) is 8.59. The summed E-state index contributed by atoms with van der Waals surface area (Å²) >= 11 is 0. The SMILES string of the molecule is OC1(CN2CC3CN(c4cc(-n5cccn5)ncn4)CC3C2)CCCCC1. The molecule has 2 atom stereocenters. The lowest BCUT2D eigenvalue weighted by Gasteiger charge is -2.36. The van der Waals surface area contributed by atoms with Crippen LogP contribution in [0.3, 0.4) is 0 Å². The van der Waals surface area contributed by atoms with E-state index < -0.39 is 5.60 Å². The Morgan fingerprint density at radius 3 is 2.44 bits per heavy atom. The monoisotopic (exact) mass is 368 g/mol. The Morgan fingerprint density at radius 1 is 1.00 bits per heavy atom. The van der Waals surface area contributed by atoms with E-state index in [0.29, 0.717) is 11.8 Å². The Kier molecular flexibility index (Phi) is 4.36. The summed E-state index contributed by atoms with van der Waals surface area (Å²) in [5.74, 6) is 3.13. The summed E-state index contributed by atoms with van der Waals surface area (Å²) in [6.07, 6.45) is 10.9. The van der Waals surface area contributed by atoms with Crippen LogP contribution in [0.15, 0.2) is 30.9 Å². The standard InChI is InChI=1S/C20H28N6O/c27-20(5-2-1-3-6-20)14-24-10-16-12-25(13-17(16)11-24)18-9-19(22-15-21-18)26-8-4-7-23-26/h4,7-9,15-17,27H,1-3,5-6,10-14H2. The largest absolute Gasteiger partial charge is 0.389 e. The van der Waals surface area contributed by atoms with Crippen molar-refractivity contribution >= 4 is 5.82 Å². The maximum absolute atomic E-state index is 10.9. The minimum Gasteiger partial charge on any atom is -0.389 e. The molecule has 144 valence electrons.